The molecule has 3 heterocycles. The number of rotatable bonds is 7. The highest BCUT2D eigenvalue weighted by molar-refractivity contribution is 5.77. The van der Waals surface area contributed by atoms with Gasteiger partial charge in [-0.1, -0.05) is 19.3 Å². The van der Waals surface area contributed by atoms with E-state index in [4.69, 9.17) is 4.74 Å². The lowest BCUT2D eigenvalue weighted by molar-refractivity contribution is -0.134. The van der Waals surface area contributed by atoms with Gasteiger partial charge in [-0.3, -0.25) is 14.5 Å². The third-order valence-electron chi connectivity index (χ3n) is 8.20. The molecule has 0 radical (unpaired) electrons. The van der Waals surface area contributed by atoms with Gasteiger partial charge in [0.2, 0.25) is 11.8 Å². The fraction of sp³-hybridized carbons (Fsp3) is 0.917. The highest BCUT2D eigenvalue weighted by Crippen LogP contribution is 2.44. The van der Waals surface area contributed by atoms with E-state index in [9.17, 15) is 9.59 Å². The van der Waals surface area contributed by atoms with Gasteiger partial charge in [0.05, 0.1) is 19.1 Å². The van der Waals surface area contributed by atoms with Crippen molar-refractivity contribution in [1.82, 2.24) is 14.7 Å². The molecule has 6 nitrogen and oxygen atoms in total. The average Bonchev–Trinajstić information content (AvgIpc) is 3.49. The molecule has 3 aliphatic heterocycles. The number of fused-ring (bicyclic) bond motifs is 1. The van der Waals surface area contributed by atoms with Gasteiger partial charge in [-0.15, -0.1) is 0 Å². The van der Waals surface area contributed by atoms with E-state index in [0.29, 0.717) is 42.7 Å². The molecule has 3 saturated heterocycles. The minimum absolute atomic E-state index is 0.0342. The molecule has 170 valence electrons. The predicted molar refractivity (Wildman–Crippen MR) is 117 cm³/mol. The maximum Gasteiger partial charge on any atom is 0.225 e. The molecule has 1 saturated carbocycles. The molecule has 2 amide bonds. The molecule has 0 N–H and O–H groups in total. The van der Waals surface area contributed by atoms with Crippen LogP contribution < -0.4 is 0 Å². The maximum atomic E-state index is 13.0. The Bertz CT molecular complexity index is 597. The zero-order chi connectivity index (χ0) is 21.1. The Morgan fingerprint density at radius 3 is 2.33 bits per heavy atom. The SMILES string of the molecule is CCN(CC)C(=O)C[C@@H]1OC[C@@H]2[C@H]1[C@H](CC(=O)N1CCCC1)CN2C1CCCCC1. The van der Waals surface area contributed by atoms with Crippen LogP contribution in [0.5, 0.6) is 0 Å². The second-order valence-corrected chi connectivity index (χ2v) is 9.83. The minimum Gasteiger partial charge on any atom is -0.376 e. The smallest absolute Gasteiger partial charge is 0.225 e. The number of hydrogen-bond donors (Lipinski definition) is 0. The van der Waals surface area contributed by atoms with Crippen molar-refractivity contribution in [2.75, 3.05) is 39.3 Å². The van der Waals surface area contributed by atoms with E-state index in [0.717, 1.165) is 52.2 Å². The van der Waals surface area contributed by atoms with Crippen molar-refractivity contribution in [1.29, 1.82) is 0 Å². The summed E-state index contributed by atoms with van der Waals surface area (Å²) in [4.78, 5) is 32.5. The zero-order valence-corrected chi connectivity index (χ0v) is 19.1. The van der Waals surface area contributed by atoms with E-state index < -0.39 is 0 Å². The number of ether oxygens (including phenoxy) is 1. The summed E-state index contributed by atoms with van der Waals surface area (Å²) in [6, 6.07) is 1.03. The molecule has 0 unspecified atom stereocenters. The largest absolute Gasteiger partial charge is 0.376 e. The highest BCUT2D eigenvalue weighted by atomic mass is 16.5. The number of likely N-dealkylation sites (tertiary alicyclic amines) is 2. The molecule has 6 heteroatoms. The van der Waals surface area contributed by atoms with Crippen molar-refractivity contribution in [3.05, 3.63) is 0 Å². The summed E-state index contributed by atoms with van der Waals surface area (Å²) < 4.78 is 6.27. The van der Waals surface area contributed by atoms with E-state index in [1.807, 2.05) is 18.7 Å². The average molecular weight is 420 g/mol. The standard InChI is InChI=1S/C24H41N3O3/c1-3-25(4-2)23(29)15-21-24-18(14-22(28)26-12-8-9-13-26)16-27(20(24)17-30-21)19-10-6-5-7-11-19/h18-21,24H,3-17H2,1-2H3/t18-,20-,21+,24-/m1/s1. The first kappa shape index (κ1) is 22.1. The topological polar surface area (TPSA) is 53.1 Å². The van der Waals surface area contributed by atoms with Crippen LogP contribution in [0, 0.1) is 11.8 Å². The van der Waals surface area contributed by atoms with Crippen molar-refractivity contribution >= 4 is 11.8 Å². The van der Waals surface area contributed by atoms with E-state index in [1.165, 1.54) is 32.1 Å². The number of carbonyl (C=O) groups excluding carboxylic acids is 2. The van der Waals surface area contributed by atoms with Crippen molar-refractivity contribution in [3.8, 4) is 0 Å². The molecule has 0 aromatic heterocycles. The summed E-state index contributed by atoms with van der Waals surface area (Å²) >= 11 is 0. The van der Waals surface area contributed by atoms with Gasteiger partial charge in [0.15, 0.2) is 0 Å². The molecule has 0 bridgehead atoms. The molecule has 0 aromatic carbocycles. The van der Waals surface area contributed by atoms with Gasteiger partial charge in [-0.25, -0.2) is 0 Å². The fourth-order valence-electron chi connectivity index (χ4n) is 6.58. The lowest BCUT2D eigenvalue weighted by atomic mass is 9.84. The summed E-state index contributed by atoms with van der Waals surface area (Å²) in [5.74, 6) is 1.16. The van der Waals surface area contributed by atoms with Crippen LogP contribution in [-0.2, 0) is 14.3 Å². The Morgan fingerprint density at radius 1 is 0.967 bits per heavy atom. The maximum absolute atomic E-state index is 13.0. The summed E-state index contributed by atoms with van der Waals surface area (Å²) in [7, 11) is 0. The Morgan fingerprint density at radius 2 is 1.67 bits per heavy atom. The molecule has 0 aromatic rings. The fourth-order valence-corrected chi connectivity index (χ4v) is 6.58. The van der Waals surface area contributed by atoms with Crippen LogP contribution in [0.25, 0.3) is 0 Å². The van der Waals surface area contributed by atoms with E-state index in [-0.39, 0.29) is 12.0 Å². The molecule has 4 atom stereocenters. The van der Waals surface area contributed by atoms with Gasteiger partial charge in [0.25, 0.3) is 0 Å². The van der Waals surface area contributed by atoms with Gasteiger partial charge in [0, 0.05) is 57.1 Å². The highest BCUT2D eigenvalue weighted by Gasteiger charge is 2.53. The van der Waals surface area contributed by atoms with Crippen LogP contribution in [0.15, 0.2) is 0 Å². The van der Waals surface area contributed by atoms with Crippen LogP contribution in [0.4, 0.5) is 0 Å². The van der Waals surface area contributed by atoms with Gasteiger partial charge in [0.1, 0.15) is 0 Å². The minimum atomic E-state index is -0.0342. The first-order valence-electron chi connectivity index (χ1n) is 12.5. The normalized spacial score (nSPS) is 32.5. The molecular formula is C24H41N3O3. The van der Waals surface area contributed by atoms with E-state index in [1.54, 1.807) is 0 Å². The summed E-state index contributed by atoms with van der Waals surface area (Å²) in [5.41, 5.74) is 0. The second kappa shape index (κ2) is 9.99. The zero-order valence-electron chi connectivity index (χ0n) is 19.1. The van der Waals surface area contributed by atoms with Crippen LogP contribution in [0.2, 0.25) is 0 Å². The molecule has 4 aliphatic rings. The van der Waals surface area contributed by atoms with Crippen molar-refractivity contribution in [3.63, 3.8) is 0 Å². The van der Waals surface area contributed by atoms with Crippen LogP contribution in [0.1, 0.15) is 71.6 Å². The lowest BCUT2D eigenvalue weighted by Gasteiger charge is -2.34. The third-order valence-corrected chi connectivity index (χ3v) is 8.20. The van der Waals surface area contributed by atoms with Crippen LogP contribution in [0.3, 0.4) is 0 Å². The van der Waals surface area contributed by atoms with Crippen LogP contribution in [-0.4, -0.2) is 84.0 Å². The van der Waals surface area contributed by atoms with E-state index >= 15 is 0 Å². The molecule has 4 fully saturated rings. The van der Waals surface area contributed by atoms with Crippen molar-refractivity contribution in [2.24, 2.45) is 11.8 Å². The second-order valence-electron chi connectivity index (χ2n) is 9.83. The first-order valence-corrected chi connectivity index (χ1v) is 12.5. The van der Waals surface area contributed by atoms with E-state index in [2.05, 4.69) is 9.80 Å². The lowest BCUT2D eigenvalue weighted by Crippen LogP contribution is -2.42. The monoisotopic (exact) mass is 419 g/mol. The Labute approximate surface area is 182 Å². The van der Waals surface area contributed by atoms with Gasteiger partial charge < -0.3 is 14.5 Å². The molecule has 0 spiro atoms. The summed E-state index contributed by atoms with van der Waals surface area (Å²) in [5, 5.41) is 0. The van der Waals surface area contributed by atoms with Gasteiger partial charge in [-0.05, 0) is 45.4 Å². The third kappa shape index (κ3) is 4.55. The Balaban J connectivity index is 1.48. The van der Waals surface area contributed by atoms with Gasteiger partial charge in [-0.2, -0.15) is 0 Å². The Hall–Kier alpha value is -1.14. The first-order chi connectivity index (χ1) is 14.6. The van der Waals surface area contributed by atoms with Crippen molar-refractivity contribution in [2.45, 2.75) is 89.8 Å². The van der Waals surface area contributed by atoms with Gasteiger partial charge >= 0.3 is 0 Å². The summed E-state index contributed by atoms with van der Waals surface area (Å²) in [6.07, 6.45) is 9.89. The number of hydrogen-bond acceptors (Lipinski definition) is 4. The van der Waals surface area contributed by atoms with Crippen LogP contribution >= 0.6 is 0 Å². The quantitative estimate of drug-likeness (QED) is 0.637. The molecule has 30 heavy (non-hydrogen) atoms. The molecule has 4 rings (SSSR count). The number of amides is 2. The molecule has 1 aliphatic carbocycles. The Kier molecular flexibility index (Phi) is 7.35. The van der Waals surface area contributed by atoms with Crippen molar-refractivity contribution < 1.29 is 14.3 Å². The predicted octanol–water partition coefficient (Wildman–Crippen LogP) is 2.91. The number of nitrogens with zero attached hydrogens (tertiary/aromatic N) is 3. The summed E-state index contributed by atoms with van der Waals surface area (Å²) in [6.45, 7) is 9.17. The number of carbonyl (C=O) groups is 2. The molecular weight excluding hydrogens is 378 g/mol.